The van der Waals surface area contributed by atoms with Gasteiger partial charge in [0.2, 0.25) is 0 Å². The van der Waals surface area contributed by atoms with Crippen LogP contribution < -0.4 is 10.1 Å². The molecule has 0 fully saturated rings. The van der Waals surface area contributed by atoms with Crippen LogP contribution in [0.3, 0.4) is 0 Å². The zero-order valence-corrected chi connectivity index (χ0v) is 18.2. The van der Waals surface area contributed by atoms with Crippen LogP contribution in [0.4, 0.5) is 5.13 Å². The average Bonchev–Trinajstić information content (AvgIpc) is 3.46. The maximum atomic E-state index is 12.7. The predicted molar refractivity (Wildman–Crippen MR) is 123 cm³/mol. The molecule has 1 aliphatic rings. The van der Waals surface area contributed by atoms with Crippen LogP contribution in [0.25, 0.3) is 10.8 Å². The first kappa shape index (κ1) is 19.7. The van der Waals surface area contributed by atoms with Crippen LogP contribution in [0.5, 0.6) is 5.75 Å². The molecule has 0 bridgehead atoms. The van der Waals surface area contributed by atoms with Crippen LogP contribution in [-0.2, 0) is 17.8 Å². The lowest BCUT2D eigenvalue weighted by Gasteiger charge is -2.26. The molecule has 0 aliphatic carbocycles. The molecule has 4 aromatic rings. The molecule has 0 atom stereocenters. The van der Waals surface area contributed by atoms with Crippen LogP contribution in [0, 0.1) is 0 Å². The third kappa shape index (κ3) is 4.30. The van der Waals surface area contributed by atoms with Crippen molar-refractivity contribution in [2.24, 2.45) is 0 Å². The second kappa shape index (κ2) is 8.49. The predicted octanol–water partition coefficient (Wildman–Crippen LogP) is 4.57. The number of amides is 2. The highest BCUT2D eigenvalue weighted by Crippen LogP contribution is 2.29. The number of nitrogens with one attached hydrogen (secondary N) is 1. The van der Waals surface area contributed by atoms with E-state index in [0.717, 1.165) is 21.3 Å². The lowest BCUT2D eigenvalue weighted by atomic mass is 10.1. The third-order valence-corrected chi connectivity index (χ3v) is 6.85. The zero-order valence-electron chi connectivity index (χ0n) is 16.5. The molecule has 2 aromatic heterocycles. The summed E-state index contributed by atoms with van der Waals surface area (Å²) in [6, 6.07) is 15.6. The van der Waals surface area contributed by atoms with Gasteiger partial charge in [-0.05, 0) is 34.4 Å². The summed E-state index contributed by atoms with van der Waals surface area (Å²) in [4.78, 5) is 32.3. The first-order valence-electron chi connectivity index (χ1n) is 9.87. The van der Waals surface area contributed by atoms with Gasteiger partial charge in [0.1, 0.15) is 5.75 Å². The molecule has 2 aromatic carbocycles. The van der Waals surface area contributed by atoms with Crippen molar-refractivity contribution < 1.29 is 14.3 Å². The largest absolute Gasteiger partial charge is 0.484 e. The normalized spacial score (nSPS) is 13.1. The number of thiazole rings is 1. The van der Waals surface area contributed by atoms with E-state index in [4.69, 9.17) is 4.74 Å². The molecule has 31 heavy (non-hydrogen) atoms. The highest BCUT2D eigenvalue weighted by Gasteiger charge is 2.25. The number of hydrogen-bond donors (Lipinski definition) is 1. The van der Waals surface area contributed by atoms with Crippen molar-refractivity contribution in [3.8, 4) is 5.75 Å². The summed E-state index contributed by atoms with van der Waals surface area (Å²) in [6.07, 6.45) is 0.669. The molecule has 1 N–H and O–H groups in total. The highest BCUT2D eigenvalue weighted by molar-refractivity contribution is 7.16. The van der Waals surface area contributed by atoms with Gasteiger partial charge in [-0.25, -0.2) is 4.98 Å². The van der Waals surface area contributed by atoms with E-state index in [2.05, 4.69) is 10.3 Å². The van der Waals surface area contributed by atoms with Crippen LogP contribution in [0.2, 0.25) is 0 Å². The van der Waals surface area contributed by atoms with Gasteiger partial charge in [0, 0.05) is 23.2 Å². The van der Waals surface area contributed by atoms with E-state index in [9.17, 15) is 9.59 Å². The number of fused-ring (bicyclic) bond motifs is 2. The van der Waals surface area contributed by atoms with Crippen molar-refractivity contribution in [2.45, 2.75) is 13.0 Å². The lowest BCUT2D eigenvalue weighted by molar-refractivity contribution is -0.134. The third-order valence-electron chi connectivity index (χ3n) is 5.17. The Balaban J connectivity index is 1.20. The van der Waals surface area contributed by atoms with Crippen molar-refractivity contribution >= 4 is 50.4 Å². The van der Waals surface area contributed by atoms with E-state index in [0.29, 0.717) is 36.0 Å². The second-order valence-electron chi connectivity index (χ2n) is 7.22. The van der Waals surface area contributed by atoms with Crippen LogP contribution >= 0.6 is 22.7 Å². The zero-order chi connectivity index (χ0) is 21.2. The maximum Gasteiger partial charge on any atom is 0.260 e. The number of rotatable bonds is 5. The first-order valence-corrected chi connectivity index (χ1v) is 11.6. The Morgan fingerprint density at radius 3 is 2.84 bits per heavy atom. The van der Waals surface area contributed by atoms with E-state index in [1.54, 1.807) is 16.3 Å². The van der Waals surface area contributed by atoms with Gasteiger partial charge < -0.3 is 9.64 Å². The van der Waals surface area contributed by atoms with Crippen molar-refractivity contribution in [1.82, 2.24) is 9.88 Å². The molecule has 3 heterocycles. The molecule has 2 amide bonds. The average molecular weight is 450 g/mol. The molecular weight excluding hydrogens is 430 g/mol. The smallest absolute Gasteiger partial charge is 0.260 e. The standard InChI is InChI=1S/C23H19N3O3S2/c27-21(13-29-18-6-5-15-3-1-2-4-16(15)11-18)26-9-7-19-20(12-26)31-23(24-19)25-22(28)17-8-10-30-14-17/h1-6,8,10-11,14H,7,9,12-13H2,(H,24,25,28). The minimum Gasteiger partial charge on any atom is -0.484 e. The van der Waals surface area contributed by atoms with Gasteiger partial charge in [-0.3, -0.25) is 14.9 Å². The monoisotopic (exact) mass is 449 g/mol. The Hall–Kier alpha value is -3.23. The summed E-state index contributed by atoms with van der Waals surface area (Å²) >= 11 is 2.90. The van der Waals surface area contributed by atoms with Gasteiger partial charge in [0.25, 0.3) is 11.8 Å². The number of benzene rings is 2. The molecule has 0 spiro atoms. The van der Waals surface area contributed by atoms with Gasteiger partial charge in [0.05, 0.1) is 17.8 Å². The van der Waals surface area contributed by atoms with Gasteiger partial charge in [-0.15, -0.1) is 0 Å². The Bertz CT molecular complexity index is 1250. The summed E-state index contributed by atoms with van der Waals surface area (Å²) in [7, 11) is 0. The number of hydrogen-bond acceptors (Lipinski definition) is 6. The van der Waals surface area contributed by atoms with Crippen molar-refractivity contribution in [2.75, 3.05) is 18.5 Å². The molecule has 5 rings (SSSR count). The number of nitrogens with zero attached hydrogens (tertiary/aromatic N) is 2. The van der Waals surface area contributed by atoms with Gasteiger partial charge in [0.15, 0.2) is 11.7 Å². The molecule has 0 radical (unpaired) electrons. The summed E-state index contributed by atoms with van der Waals surface area (Å²) in [6.45, 7) is 1.07. The Morgan fingerprint density at radius 1 is 1.13 bits per heavy atom. The maximum absolute atomic E-state index is 12.7. The van der Waals surface area contributed by atoms with Crippen LogP contribution in [-0.4, -0.2) is 34.8 Å². The van der Waals surface area contributed by atoms with E-state index < -0.39 is 0 Å². The number of thiophene rings is 1. The molecule has 0 saturated carbocycles. The molecule has 8 heteroatoms. The number of carbonyl (C=O) groups is 2. The topological polar surface area (TPSA) is 71.5 Å². The van der Waals surface area contributed by atoms with Gasteiger partial charge in [-0.2, -0.15) is 11.3 Å². The second-order valence-corrected chi connectivity index (χ2v) is 9.08. The Labute approximate surface area is 187 Å². The van der Waals surface area contributed by atoms with Crippen molar-refractivity contribution in [3.05, 3.63) is 75.4 Å². The molecule has 1 aliphatic heterocycles. The molecular formula is C23H19N3O3S2. The fraction of sp³-hybridized carbons (Fsp3) is 0.174. The minimum absolute atomic E-state index is 0.00573. The molecule has 0 saturated heterocycles. The molecule has 6 nitrogen and oxygen atoms in total. The number of ether oxygens (including phenoxy) is 1. The quantitative estimate of drug-likeness (QED) is 0.484. The Morgan fingerprint density at radius 2 is 2.00 bits per heavy atom. The van der Waals surface area contributed by atoms with Gasteiger partial charge in [-0.1, -0.05) is 41.7 Å². The highest BCUT2D eigenvalue weighted by atomic mass is 32.1. The first-order chi connectivity index (χ1) is 15.2. The summed E-state index contributed by atoms with van der Waals surface area (Å²) in [5, 5.41) is 9.31. The van der Waals surface area contributed by atoms with E-state index in [-0.39, 0.29) is 18.4 Å². The molecule has 0 unspecified atom stereocenters. The van der Waals surface area contributed by atoms with Crippen LogP contribution in [0.1, 0.15) is 20.9 Å². The number of anilines is 1. The Kier molecular flexibility index (Phi) is 5.40. The van der Waals surface area contributed by atoms with Gasteiger partial charge >= 0.3 is 0 Å². The summed E-state index contributed by atoms with van der Waals surface area (Å²) in [5.41, 5.74) is 1.57. The number of carbonyl (C=O) groups excluding carboxylic acids is 2. The molecule has 156 valence electrons. The minimum atomic E-state index is -0.163. The van der Waals surface area contributed by atoms with E-state index in [1.807, 2.05) is 47.8 Å². The van der Waals surface area contributed by atoms with E-state index in [1.165, 1.54) is 22.7 Å². The number of aromatic nitrogens is 1. The van der Waals surface area contributed by atoms with E-state index >= 15 is 0 Å². The summed E-state index contributed by atoms with van der Waals surface area (Å²) in [5.74, 6) is 0.459. The van der Waals surface area contributed by atoms with Crippen molar-refractivity contribution in [1.29, 1.82) is 0 Å². The van der Waals surface area contributed by atoms with Crippen LogP contribution in [0.15, 0.2) is 59.3 Å². The van der Waals surface area contributed by atoms with Crippen molar-refractivity contribution in [3.63, 3.8) is 0 Å². The SMILES string of the molecule is O=C(Nc1nc2c(s1)CN(C(=O)COc1ccc3ccccc3c1)CC2)c1ccsc1. The fourth-order valence-corrected chi connectivity index (χ4v) is 5.17. The fourth-order valence-electron chi connectivity index (χ4n) is 3.52. The lowest BCUT2D eigenvalue weighted by Crippen LogP contribution is -2.38. The summed E-state index contributed by atoms with van der Waals surface area (Å²) < 4.78 is 5.76.